The van der Waals surface area contributed by atoms with Crippen LogP contribution in [0.2, 0.25) is 0 Å². The summed E-state index contributed by atoms with van der Waals surface area (Å²) < 4.78 is 10.4. The smallest absolute Gasteiger partial charge is 0.326 e. The zero-order valence-electron chi connectivity index (χ0n) is 15.0. The van der Waals surface area contributed by atoms with E-state index in [1.54, 1.807) is 0 Å². The molecule has 8 heteroatoms. The van der Waals surface area contributed by atoms with Gasteiger partial charge in [0.25, 0.3) is 5.91 Å². The molecule has 0 aromatic heterocycles. The number of nitrogens with one attached hydrogen (secondary N) is 2. The zero-order chi connectivity index (χ0) is 19.1. The summed E-state index contributed by atoms with van der Waals surface area (Å²) in [6.07, 6.45) is 0.299. The van der Waals surface area contributed by atoms with Crippen LogP contribution in [0.4, 0.5) is 5.69 Å². The molecule has 0 aliphatic heterocycles. The van der Waals surface area contributed by atoms with Gasteiger partial charge in [0.05, 0.1) is 19.9 Å². The lowest BCUT2D eigenvalue weighted by Gasteiger charge is -2.18. The first kappa shape index (κ1) is 20.3. The molecule has 0 saturated carbocycles. The number of hydrogen-bond acceptors (Lipinski definition) is 5. The summed E-state index contributed by atoms with van der Waals surface area (Å²) >= 11 is 0. The van der Waals surface area contributed by atoms with Gasteiger partial charge in [0, 0.05) is 12.5 Å². The highest BCUT2D eigenvalue weighted by atomic mass is 16.5. The van der Waals surface area contributed by atoms with Crippen molar-refractivity contribution in [2.75, 3.05) is 19.5 Å². The number of amides is 2. The molecule has 25 heavy (non-hydrogen) atoms. The molecule has 2 amide bonds. The molecule has 3 N–H and O–H groups in total. The van der Waals surface area contributed by atoms with Crippen molar-refractivity contribution in [2.24, 2.45) is 5.92 Å². The number of aliphatic carboxylic acids is 1. The minimum Gasteiger partial charge on any atom is -0.493 e. The molecule has 1 aromatic carbocycles. The third kappa shape index (κ3) is 5.66. The van der Waals surface area contributed by atoms with Gasteiger partial charge in [-0.25, -0.2) is 4.79 Å². The Morgan fingerprint density at radius 2 is 1.80 bits per heavy atom. The lowest BCUT2D eigenvalue weighted by molar-refractivity contribution is -0.139. The molecule has 0 aliphatic carbocycles. The average Bonchev–Trinajstić information content (AvgIpc) is 2.52. The van der Waals surface area contributed by atoms with Gasteiger partial charge in [0.2, 0.25) is 5.91 Å². The van der Waals surface area contributed by atoms with Crippen LogP contribution >= 0.6 is 0 Å². The van der Waals surface area contributed by atoms with Crippen LogP contribution in [0, 0.1) is 5.92 Å². The number of hydrogen-bond donors (Lipinski definition) is 3. The normalized spacial score (nSPS) is 11.6. The molecule has 1 rings (SSSR count). The minimum absolute atomic E-state index is 0.0988. The van der Waals surface area contributed by atoms with Crippen molar-refractivity contribution < 1.29 is 29.0 Å². The molecule has 0 heterocycles. The van der Waals surface area contributed by atoms with Crippen LogP contribution in [-0.2, 0) is 9.59 Å². The monoisotopic (exact) mass is 352 g/mol. The van der Waals surface area contributed by atoms with Crippen molar-refractivity contribution in [3.63, 3.8) is 0 Å². The Labute approximate surface area is 146 Å². The maximum atomic E-state index is 12.5. The highest BCUT2D eigenvalue weighted by Crippen LogP contribution is 2.36. The molecule has 1 atom stereocenters. The Balaban J connectivity index is 3.19. The van der Waals surface area contributed by atoms with Crippen LogP contribution in [0.25, 0.3) is 0 Å². The van der Waals surface area contributed by atoms with Crippen molar-refractivity contribution in [1.29, 1.82) is 0 Å². The third-order valence-electron chi connectivity index (χ3n) is 3.36. The van der Waals surface area contributed by atoms with Crippen LogP contribution in [0.1, 0.15) is 37.6 Å². The van der Waals surface area contributed by atoms with E-state index in [2.05, 4.69) is 10.6 Å². The molecule has 0 spiro atoms. The van der Waals surface area contributed by atoms with Gasteiger partial charge < -0.3 is 25.2 Å². The van der Waals surface area contributed by atoms with E-state index in [9.17, 15) is 19.5 Å². The summed E-state index contributed by atoms with van der Waals surface area (Å²) in [6.45, 7) is 5.06. The number of carboxylic acids is 1. The first-order valence-electron chi connectivity index (χ1n) is 7.76. The van der Waals surface area contributed by atoms with E-state index in [0.717, 1.165) is 0 Å². The van der Waals surface area contributed by atoms with Gasteiger partial charge in [0.1, 0.15) is 6.04 Å². The van der Waals surface area contributed by atoms with Crippen LogP contribution in [0.3, 0.4) is 0 Å². The predicted octanol–water partition coefficient (Wildman–Crippen LogP) is 1.89. The Morgan fingerprint density at radius 1 is 1.16 bits per heavy atom. The molecular weight excluding hydrogens is 328 g/mol. The summed E-state index contributed by atoms with van der Waals surface area (Å²) in [6, 6.07) is 1.82. The fourth-order valence-electron chi connectivity index (χ4n) is 2.31. The van der Waals surface area contributed by atoms with E-state index in [-0.39, 0.29) is 34.6 Å². The largest absolute Gasteiger partial charge is 0.493 e. The molecule has 0 aliphatic rings. The predicted molar refractivity (Wildman–Crippen MR) is 92.2 cm³/mol. The van der Waals surface area contributed by atoms with E-state index in [0.29, 0.717) is 6.42 Å². The maximum Gasteiger partial charge on any atom is 0.326 e. The maximum absolute atomic E-state index is 12.5. The van der Waals surface area contributed by atoms with Gasteiger partial charge in [-0.3, -0.25) is 9.59 Å². The summed E-state index contributed by atoms with van der Waals surface area (Å²) in [7, 11) is 2.81. The summed E-state index contributed by atoms with van der Waals surface area (Å²) in [5, 5.41) is 14.3. The second-order valence-electron chi connectivity index (χ2n) is 5.93. The summed E-state index contributed by atoms with van der Waals surface area (Å²) in [5.41, 5.74) is 0.409. The molecule has 138 valence electrons. The highest BCUT2D eigenvalue weighted by molar-refractivity contribution is 6.00. The van der Waals surface area contributed by atoms with Crippen LogP contribution in [0.15, 0.2) is 12.1 Å². The quantitative estimate of drug-likeness (QED) is 0.658. The molecule has 8 nitrogen and oxygen atoms in total. The average molecular weight is 352 g/mol. The van der Waals surface area contributed by atoms with Crippen LogP contribution < -0.4 is 20.1 Å². The van der Waals surface area contributed by atoms with Crippen LogP contribution in [0.5, 0.6) is 11.5 Å². The molecule has 0 bridgehead atoms. The number of carboxylic acid groups (broad SMARTS) is 1. The van der Waals surface area contributed by atoms with E-state index < -0.39 is 17.9 Å². The molecule has 0 radical (unpaired) electrons. The Bertz CT molecular complexity index is 657. The van der Waals surface area contributed by atoms with Gasteiger partial charge in [-0.05, 0) is 24.5 Å². The van der Waals surface area contributed by atoms with Gasteiger partial charge in [-0.15, -0.1) is 0 Å². The standard InChI is InChI=1S/C17H24N2O6/c1-9(2)6-13(17(22)23)19-16(21)11-7-12(18-10(3)20)15(25-5)14(8-11)24-4/h7-9,13H,6H2,1-5H3,(H,18,20)(H,19,21)(H,22,23). The zero-order valence-corrected chi connectivity index (χ0v) is 15.0. The highest BCUT2D eigenvalue weighted by Gasteiger charge is 2.23. The number of carbonyl (C=O) groups excluding carboxylic acids is 2. The lowest BCUT2D eigenvalue weighted by Crippen LogP contribution is -2.41. The number of methoxy groups -OCH3 is 2. The molecule has 1 unspecified atom stereocenters. The lowest BCUT2D eigenvalue weighted by atomic mass is 10.0. The van der Waals surface area contributed by atoms with Gasteiger partial charge in [-0.1, -0.05) is 13.8 Å². The topological polar surface area (TPSA) is 114 Å². The number of carbonyl (C=O) groups is 3. The van der Waals surface area contributed by atoms with E-state index >= 15 is 0 Å². The molecule has 1 aromatic rings. The van der Waals surface area contributed by atoms with Gasteiger partial charge in [0.15, 0.2) is 11.5 Å². The first-order valence-corrected chi connectivity index (χ1v) is 7.76. The van der Waals surface area contributed by atoms with E-state index in [1.807, 2.05) is 13.8 Å². The van der Waals surface area contributed by atoms with Crippen molar-refractivity contribution in [1.82, 2.24) is 5.32 Å². The fourth-order valence-corrected chi connectivity index (χ4v) is 2.31. The second kappa shape index (κ2) is 8.91. The third-order valence-corrected chi connectivity index (χ3v) is 3.36. The SMILES string of the molecule is COc1cc(C(=O)NC(CC(C)C)C(=O)O)cc(NC(C)=O)c1OC. The Morgan fingerprint density at radius 3 is 2.24 bits per heavy atom. The number of anilines is 1. The summed E-state index contributed by atoms with van der Waals surface area (Å²) in [5.74, 6) is -1.42. The van der Waals surface area contributed by atoms with E-state index in [1.165, 1.54) is 33.3 Å². The van der Waals surface area contributed by atoms with Crippen molar-refractivity contribution in [3.8, 4) is 11.5 Å². The number of ether oxygens (including phenoxy) is 2. The van der Waals surface area contributed by atoms with Crippen LogP contribution in [-0.4, -0.2) is 43.2 Å². The number of benzene rings is 1. The Kier molecular flexibility index (Phi) is 7.22. The van der Waals surface area contributed by atoms with E-state index in [4.69, 9.17) is 9.47 Å². The fraction of sp³-hybridized carbons (Fsp3) is 0.471. The summed E-state index contributed by atoms with van der Waals surface area (Å²) in [4.78, 5) is 35.1. The van der Waals surface area contributed by atoms with Crippen molar-refractivity contribution in [3.05, 3.63) is 17.7 Å². The van der Waals surface area contributed by atoms with Crippen molar-refractivity contribution >= 4 is 23.5 Å². The van der Waals surface area contributed by atoms with Gasteiger partial charge >= 0.3 is 5.97 Å². The first-order chi connectivity index (χ1) is 11.7. The van der Waals surface area contributed by atoms with Crippen molar-refractivity contribution in [2.45, 2.75) is 33.2 Å². The Hall–Kier alpha value is -2.77. The second-order valence-corrected chi connectivity index (χ2v) is 5.93. The molecular formula is C17H24N2O6. The molecule has 0 saturated heterocycles. The number of rotatable bonds is 8. The minimum atomic E-state index is -1.11. The molecule has 0 fully saturated rings. The van der Waals surface area contributed by atoms with Gasteiger partial charge in [-0.2, -0.15) is 0 Å².